The van der Waals surface area contributed by atoms with Crippen LogP contribution in [-0.4, -0.2) is 36.1 Å². The summed E-state index contributed by atoms with van der Waals surface area (Å²) in [6.45, 7) is 5.50. The third-order valence-corrected chi connectivity index (χ3v) is 5.96. The van der Waals surface area contributed by atoms with Crippen LogP contribution in [0.2, 0.25) is 0 Å². The Morgan fingerprint density at radius 3 is 2.11 bits per heavy atom. The Kier molecular flexibility index (Phi) is 5.34. The molecule has 0 bridgehead atoms. The molecular formula is C30H25N5O2. The third kappa shape index (κ3) is 4.14. The first-order chi connectivity index (χ1) is 17.9. The lowest BCUT2D eigenvalue weighted by molar-refractivity contribution is 0.0523. The first-order valence-corrected chi connectivity index (χ1v) is 12.1. The van der Waals surface area contributed by atoms with Gasteiger partial charge in [-0.2, -0.15) is 9.61 Å². The van der Waals surface area contributed by atoms with Gasteiger partial charge in [0.25, 0.3) is 0 Å². The smallest absolute Gasteiger partial charge is 0.437 e. The molecule has 0 amide bonds. The van der Waals surface area contributed by atoms with Gasteiger partial charge in [0, 0.05) is 16.5 Å². The van der Waals surface area contributed by atoms with E-state index in [0.717, 1.165) is 22.0 Å². The van der Waals surface area contributed by atoms with Crippen molar-refractivity contribution in [2.45, 2.75) is 26.4 Å². The van der Waals surface area contributed by atoms with Gasteiger partial charge in [-0.15, -0.1) is 9.78 Å². The molecule has 0 unspecified atom stereocenters. The van der Waals surface area contributed by atoms with E-state index in [-0.39, 0.29) is 0 Å². The normalized spacial score (nSPS) is 11.8. The highest BCUT2D eigenvalue weighted by Gasteiger charge is 2.29. The van der Waals surface area contributed by atoms with Crippen molar-refractivity contribution in [3.8, 4) is 33.9 Å². The number of ether oxygens (including phenoxy) is 1. The molecule has 0 saturated heterocycles. The lowest BCUT2D eigenvalue weighted by Crippen LogP contribution is -2.27. The number of hydrogen-bond donors (Lipinski definition) is 0. The van der Waals surface area contributed by atoms with Crippen molar-refractivity contribution < 1.29 is 9.53 Å². The molecule has 0 aliphatic carbocycles. The zero-order valence-corrected chi connectivity index (χ0v) is 20.8. The Hall–Kier alpha value is -4.78. The maximum absolute atomic E-state index is 13.5. The van der Waals surface area contributed by atoms with Gasteiger partial charge in [0.1, 0.15) is 11.3 Å². The van der Waals surface area contributed by atoms with Crippen molar-refractivity contribution in [1.82, 2.24) is 24.4 Å². The van der Waals surface area contributed by atoms with Crippen LogP contribution in [0.1, 0.15) is 20.8 Å². The molecule has 0 fully saturated rings. The summed E-state index contributed by atoms with van der Waals surface area (Å²) in [5.74, 6) is 0.533. The molecule has 37 heavy (non-hydrogen) atoms. The average molecular weight is 488 g/mol. The number of para-hydroxylation sites is 1. The Morgan fingerprint density at radius 2 is 1.41 bits per heavy atom. The summed E-state index contributed by atoms with van der Waals surface area (Å²) in [4.78, 5) is 18.4. The van der Waals surface area contributed by atoms with Crippen LogP contribution in [-0.2, 0) is 4.74 Å². The van der Waals surface area contributed by atoms with Gasteiger partial charge in [-0.3, -0.25) is 0 Å². The van der Waals surface area contributed by atoms with Crippen molar-refractivity contribution in [3.63, 3.8) is 0 Å². The van der Waals surface area contributed by atoms with Crippen LogP contribution in [0, 0.1) is 0 Å². The van der Waals surface area contributed by atoms with Crippen molar-refractivity contribution >= 4 is 22.6 Å². The Balaban J connectivity index is 1.71. The standard InChI is InChI=1S/C30H25N5O2/c1-30(2,3)37-29(36)35-28-25(24-19-18-20-12-10-11-17-23(20)31-24)26(21-13-6-4-7-14-21)32-34(28)27(33-35)22-15-8-5-9-16-22/h4-19H,1-3H3. The quantitative estimate of drug-likeness (QED) is 0.272. The second kappa shape index (κ2) is 8.71. The molecule has 6 rings (SSSR count). The number of benzene rings is 3. The highest BCUT2D eigenvalue weighted by Crippen LogP contribution is 2.37. The molecular weight excluding hydrogens is 462 g/mol. The number of carbonyl (C=O) groups excluding carboxylic acids is 1. The second-order valence-corrected chi connectivity index (χ2v) is 9.80. The first-order valence-electron chi connectivity index (χ1n) is 12.1. The fraction of sp³-hybridized carbons (Fsp3) is 0.133. The summed E-state index contributed by atoms with van der Waals surface area (Å²) < 4.78 is 8.78. The molecule has 6 aromatic rings. The van der Waals surface area contributed by atoms with E-state index in [0.29, 0.717) is 28.4 Å². The van der Waals surface area contributed by atoms with E-state index in [9.17, 15) is 4.79 Å². The number of pyridine rings is 1. The minimum absolute atomic E-state index is 0.495. The second-order valence-electron chi connectivity index (χ2n) is 9.80. The van der Waals surface area contributed by atoms with Crippen LogP contribution in [0.3, 0.4) is 0 Å². The van der Waals surface area contributed by atoms with Crippen LogP contribution in [0.5, 0.6) is 0 Å². The molecule has 0 saturated carbocycles. The number of nitrogens with zero attached hydrogens (tertiary/aromatic N) is 5. The highest BCUT2D eigenvalue weighted by atomic mass is 16.6. The average Bonchev–Trinajstić information content (AvgIpc) is 3.46. The third-order valence-electron chi connectivity index (χ3n) is 5.96. The van der Waals surface area contributed by atoms with E-state index >= 15 is 0 Å². The molecule has 0 aliphatic heterocycles. The fourth-order valence-electron chi connectivity index (χ4n) is 4.38. The van der Waals surface area contributed by atoms with Crippen molar-refractivity contribution in [1.29, 1.82) is 0 Å². The fourth-order valence-corrected chi connectivity index (χ4v) is 4.38. The molecule has 7 nitrogen and oxygen atoms in total. The largest absolute Gasteiger partial charge is 0.442 e. The van der Waals surface area contributed by atoms with Crippen LogP contribution < -0.4 is 0 Å². The van der Waals surface area contributed by atoms with Gasteiger partial charge >= 0.3 is 6.09 Å². The molecule has 182 valence electrons. The summed E-state index contributed by atoms with van der Waals surface area (Å²) in [6.07, 6.45) is -0.582. The number of rotatable bonds is 3. The first kappa shape index (κ1) is 22.7. The number of hydrogen-bond acceptors (Lipinski definition) is 5. The minimum Gasteiger partial charge on any atom is -0.442 e. The molecule has 0 radical (unpaired) electrons. The topological polar surface area (TPSA) is 74.3 Å². The number of aromatic nitrogens is 5. The minimum atomic E-state index is -0.698. The maximum Gasteiger partial charge on any atom is 0.437 e. The molecule has 3 heterocycles. The zero-order chi connectivity index (χ0) is 25.6. The van der Waals surface area contributed by atoms with Gasteiger partial charge < -0.3 is 4.74 Å². The van der Waals surface area contributed by atoms with Gasteiger partial charge in [-0.1, -0.05) is 84.9 Å². The summed E-state index contributed by atoms with van der Waals surface area (Å²) >= 11 is 0. The van der Waals surface area contributed by atoms with E-state index in [1.807, 2.05) is 118 Å². The summed E-state index contributed by atoms with van der Waals surface area (Å²) in [5, 5.41) is 10.7. The number of carbonyl (C=O) groups is 1. The zero-order valence-electron chi connectivity index (χ0n) is 20.8. The van der Waals surface area contributed by atoms with Crippen molar-refractivity contribution in [3.05, 3.63) is 97.1 Å². The lowest BCUT2D eigenvalue weighted by Gasteiger charge is -2.19. The molecule has 0 aliphatic rings. The predicted octanol–water partition coefficient (Wildman–Crippen LogP) is 6.86. The van der Waals surface area contributed by atoms with E-state index in [1.165, 1.54) is 4.68 Å². The van der Waals surface area contributed by atoms with Gasteiger partial charge in [-0.05, 0) is 32.9 Å². The van der Waals surface area contributed by atoms with Crippen LogP contribution in [0.4, 0.5) is 4.79 Å². The summed E-state index contributed by atoms with van der Waals surface area (Å²) in [6, 6.07) is 31.5. The Bertz CT molecular complexity index is 1750. The Labute approximate surface area is 214 Å². The molecule has 7 heteroatoms. The van der Waals surface area contributed by atoms with Crippen LogP contribution in [0.25, 0.3) is 50.5 Å². The van der Waals surface area contributed by atoms with Gasteiger partial charge in [0.15, 0.2) is 11.5 Å². The molecule has 0 atom stereocenters. The maximum atomic E-state index is 13.5. The predicted molar refractivity (Wildman–Crippen MR) is 144 cm³/mol. The SMILES string of the molecule is CC(C)(C)OC(=O)n1nc(-c2ccccc2)n2nc(-c3ccccc3)c(-c3ccc4ccccc4n3)c12. The molecule has 3 aromatic heterocycles. The van der Waals surface area contributed by atoms with Gasteiger partial charge in [-0.25, -0.2) is 9.78 Å². The molecule has 3 aromatic carbocycles. The monoisotopic (exact) mass is 487 g/mol. The molecule has 0 spiro atoms. The molecule has 0 N–H and O–H groups in total. The lowest BCUT2D eigenvalue weighted by atomic mass is 10.0. The number of fused-ring (bicyclic) bond motifs is 2. The Morgan fingerprint density at radius 1 is 0.757 bits per heavy atom. The van der Waals surface area contributed by atoms with E-state index in [4.69, 9.17) is 19.9 Å². The van der Waals surface area contributed by atoms with Crippen LogP contribution >= 0.6 is 0 Å². The van der Waals surface area contributed by atoms with E-state index in [1.54, 1.807) is 4.52 Å². The van der Waals surface area contributed by atoms with E-state index < -0.39 is 11.7 Å². The van der Waals surface area contributed by atoms with Crippen molar-refractivity contribution in [2.75, 3.05) is 0 Å². The summed E-state index contributed by atoms with van der Waals surface area (Å²) in [7, 11) is 0. The van der Waals surface area contributed by atoms with E-state index in [2.05, 4.69) is 0 Å². The highest BCUT2D eigenvalue weighted by molar-refractivity contribution is 5.95. The van der Waals surface area contributed by atoms with Crippen LogP contribution in [0.15, 0.2) is 97.1 Å². The van der Waals surface area contributed by atoms with Crippen molar-refractivity contribution in [2.24, 2.45) is 0 Å². The van der Waals surface area contributed by atoms with Gasteiger partial charge in [0.2, 0.25) is 0 Å². The summed E-state index contributed by atoms with van der Waals surface area (Å²) in [5.41, 5.74) is 4.49. The van der Waals surface area contributed by atoms with Gasteiger partial charge in [0.05, 0.1) is 16.8 Å².